The number of hydrogen-bond donors (Lipinski definition) is 7. The van der Waals surface area contributed by atoms with Gasteiger partial charge in [-0.2, -0.15) is 0 Å². The van der Waals surface area contributed by atoms with Crippen molar-refractivity contribution >= 4 is 0 Å². The third-order valence-corrected chi connectivity index (χ3v) is 2.98. The number of aromatic nitrogens is 2. The van der Waals surface area contributed by atoms with Crippen molar-refractivity contribution in [2.75, 3.05) is 13.2 Å². The van der Waals surface area contributed by atoms with E-state index in [-0.39, 0.29) is 12.1 Å². The summed E-state index contributed by atoms with van der Waals surface area (Å²) in [5.41, 5.74) is 0.291. The molecule has 0 saturated heterocycles. The average Bonchev–Trinajstić information content (AvgIpc) is 2.52. The van der Waals surface area contributed by atoms with Gasteiger partial charge in [0.25, 0.3) is 0 Å². The molecule has 0 bridgehead atoms. The molecule has 0 spiro atoms. The van der Waals surface area contributed by atoms with E-state index < -0.39 is 43.7 Å². The molecule has 0 aliphatic rings. The van der Waals surface area contributed by atoms with Crippen molar-refractivity contribution in [3.63, 3.8) is 0 Å². The van der Waals surface area contributed by atoms with E-state index in [0.717, 1.165) is 6.20 Å². The summed E-state index contributed by atoms with van der Waals surface area (Å²) in [5.74, 6) is 0. The minimum Gasteiger partial charge on any atom is -0.394 e. The first kappa shape index (κ1) is 17.9. The highest BCUT2D eigenvalue weighted by Gasteiger charge is 2.26. The van der Waals surface area contributed by atoms with Gasteiger partial charge in [0.05, 0.1) is 36.9 Å². The van der Waals surface area contributed by atoms with E-state index in [4.69, 9.17) is 10.2 Å². The lowest BCUT2D eigenvalue weighted by atomic mass is 10.1. The van der Waals surface area contributed by atoms with Crippen LogP contribution in [0.4, 0.5) is 0 Å². The lowest BCUT2D eigenvalue weighted by Crippen LogP contribution is -2.35. The predicted molar refractivity (Wildman–Crippen MR) is 68.9 cm³/mol. The summed E-state index contributed by atoms with van der Waals surface area (Å²) in [6, 6.07) is 0. The first-order valence-electron chi connectivity index (χ1n) is 6.33. The molecule has 0 saturated carbocycles. The van der Waals surface area contributed by atoms with Gasteiger partial charge in [0.1, 0.15) is 24.4 Å². The predicted octanol–water partition coefficient (Wildman–Crippen LogP) is -3.52. The molecule has 7 N–H and O–H groups in total. The highest BCUT2D eigenvalue weighted by atomic mass is 16.4. The Labute approximate surface area is 120 Å². The molecule has 0 aliphatic heterocycles. The molecule has 1 heterocycles. The highest BCUT2D eigenvalue weighted by molar-refractivity contribution is 5.08. The van der Waals surface area contributed by atoms with Crippen molar-refractivity contribution in [3.8, 4) is 0 Å². The molecular weight excluding hydrogens is 284 g/mol. The zero-order chi connectivity index (χ0) is 16.0. The third-order valence-electron chi connectivity index (χ3n) is 2.98. The molecule has 9 nitrogen and oxygen atoms in total. The Morgan fingerprint density at radius 2 is 1.43 bits per heavy atom. The number of hydrogen-bond acceptors (Lipinski definition) is 9. The van der Waals surface area contributed by atoms with Crippen molar-refractivity contribution in [1.82, 2.24) is 9.97 Å². The van der Waals surface area contributed by atoms with Crippen LogP contribution in [0.2, 0.25) is 0 Å². The van der Waals surface area contributed by atoms with E-state index in [0.29, 0.717) is 5.69 Å². The van der Waals surface area contributed by atoms with Gasteiger partial charge in [-0.05, 0) is 0 Å². The van der Waals surface area contributed by atoms with Crippen molar-refractivity contribution in [2.24, 2.45) is 0 Å². The highest BCUT2D eigenvalue weighted by Crippen LogP contribution is 2.16. The van der Waals surface area contributed by atoms with Crippen LogP contribution in [-0.4, -0.2) is 83.3 Å². The first-order chi connectivity index (χ1) is 9.90. The Kier molecular flexibility index (Phi) is 7.05. The molecule has 120 valence electrons. The second-order valence-corrected chi connectivity index (χ2v) is 4.64. The lowest BCUT2D eigenvalue weighted by molar-refractivity contribution is -0.0790. The molecule has 1 rings (SSSR count). The molecule has 2 unspecified atom stereocenters. The van der Waals surface area contributed by atoms with Crippen LogP contribution in [0.3, 0.4) is 0 Å². The lowest BCUT2D eigenvalue weighted by Gasteiger charge is -2.21. The van der Waals surface area contributed by atoms with E-state index in [1.54, 1.807) is 0 Å². The van der Waals surface area contributed by atoms with E-state index in [1.807, 2.05) is 0 Å². The molecule has 0 aliphatic carbocycles. The Balaban J connectivity index is 2.69. The normalized spacial score (nSPS) is 18.8. The van der Waals surface area contributed by atoms with E-state index in [2.05, 4.69) is 9.97 Å². The summed E-state index contributed by atoms with van der Waals surface area (Å²) in [6.45, 7) is -1.30. The Morgan fingerprint density at radius 1 is 0.810 bits per heavy atom. The molecule has 0 aromatic carbocycles. The smallest absolute Gasteiger partial charge is 0.126 e. The fraction of sp³-hybridized carbons (Fsp3) is 0.667. The number of nitrogens with zero attached hydrogens (tertiary/aromatic N) is 2. The Bertz CT molecular complexity index is 417. The van der Waals surface area contributed by atoms with Gasteiger partial charge >= 0.3 is 0 Å². The van der Waals surface area contributed by atoms with Gasteiger partial charge in [0, 0.05) is 12.6 Å². The van der Waals surface area contributed by atoms with Gasteiger partial charge in [-0.1, -0.05) is 0 Å². The fourth-order valence-corrected chi connectivity index (χ4v) is 1.59. The molecule has 21 heavy (non-hydrogen) atoms. The molecule has 1 aromatic heterocycles. The molecule has 1 aromatic rings. The maximum absolute atomic E-state index is 9.74. The van der Waals surface area contributed by atoms with Gasteiger partial charge < -0.3 is 35.7 Å². The van der Waals surface area contributed by atoms with Crippen molar-refractivity contribution in [1.29, 1.82) is 0 Å². The zero-order valence-corrected chi connectivity index (χ0v) is 11.2. The summed E-state index contributed by atoms with van der Waals surface area (Å²) in [6.07, 6.45) is -4.83. The SMILES string of the molecule is OCC(O)C(O)[C@H](O)c1cnc(C[C@H](O)[C@H](O)CO)cn1. The van der Waals surface area contributed by atoms with E-state index in [1.165, 1.54) is 6.20 Å². The van der Waals surface area contributed by atoms with Crippen LogP contribution in [0.25, 0.3) is 0 Å². The van der Waals surface area contributed by atoms with Crippen LogP contribution in [0, 0.1) is 0 Å². The molecule has 0 amide bonds. The van der Waals surface area contributed by atoms with Gasteiger partial charge in [-0.15, -0.1) is 0 Å². The third kappa shape index (κ3) is 4.93. The van der Waals surface area contributed by atoms with Crippen LogP contribution in [-0.2, 0) is 6.42 Å². The van der Waals surface area contributed by atoms with E-state index >= 15 is 0 Å². The Morgan fingerprint density at radius 3 is 1.90 bits per heavy atom. The summed E-state index contributed by atoms with van der Waals surface area (Å²) < 4.78 is 0. The minimum atomic E-state index is -1.61. The summed E-state index contributed by atoms with van der Waals surface area (Å²) >= 11 is 0. The molecule has 5 atom stereocenters. The fourth-order valence-electron chi connectivity index (χ4n) is 1.59. The quantitative estimate of drug-likeness (QED) is 0.257. The molecule has 0 radical (unpaired) electrons. The molecule has 0 fully saturated rings. The summed E-state index contributed by atoms with van der Waals surface area (Å²) in [7, 11) is 0. The first-order valence-corrected chi connectivity index (χ1v) is 6.33. The van der Waals surface area contributed by atoms with Crippen LogP contribution in [0.5, 0.6) is 0 Å². The van der Waals surface area contributed by atoms with Crippen LogP contribution in [0.1, 0.15) is 17.5 Å². The van der Waals surface area contributed by atoms with Crippen LogP contribution < -0.4 is 0 Å². The van der Waals surface area contributed by atoms with Gasteiger partial charge in [0.2, 0.25) is 0 Å². The van der Waals surface area contributed by atoms with Crippen molar-refractivity contribution in [2.45, 2.75) is 36.9 Å². The number of aliphatic hydroxyl groups excluding tert-OH is 7. The summed E-state index contributed by atoms with van der Waals surface area (Å²) in [4.78, 5) is 7.73. The molecular formula is C12H20N2O7. The van der Waals surface area contributed by atoms with Crippen LogP contribution >= 0.6 is 0 Å². The Hall–Kier alpha value is -1.20. The second kappa shape index (κ2) is 8.29. The molecule has 9 heteroatoms. The standard InChI is InChI=1S/C12H20N2O7/c15-4-9(18)8(17)1-6-2-14-7(3-13-6)11(20)12(21)10(19)5-16/h2-3,8-12,15-21H,1,4-5H2/t8-,9+,10?,11+,12?/m0/s1. The largest absolute Gasteiger partial charge is 0.394 e. The maximum atomic E-state index is 9.74. The van der Waals surface area contributed by atoms with Crippen LogP contribution in [0.15, 0.2) is 12.4 Å². The topological polar surface area (TPSA) is 167 Å². The van der Waals surface area contributed by atoms with Gasteiger partial charge in [-0.25, -0.2) is 0 Å². The number of aliphatic hydroxyl groups is 7. The average molecular weight is 304 g/mol. The monoisotopic (exact) mass is 304 g/mol. The van der Waals surface area contributed by atoms with Crippen molar-refractivity contribution in [3.05, 3.63) is 23.8 Å². The summed E-state index contributed by atoms with van der Waals surface area (Å²) in [5, 5.41) is 64.6. The minimum absolute atomic E-state index is 0.0176. The second-order valence-electron chi connectivity index (χ2n) is 4.64. The van der Waals surface area contributed by atoms with Crippen molar-refractivity contribution < 1.29 is 35.7 Å². The van der Waals surface area contributed by atoms with Gasteiger partial charge in [-0.3, -0.25) is 9.97 Å². The number of rotatable bonds is 8. The van der Waals surface area contributed by atoms with Gasteiger partial charge in [0.15, 0.2) is 0 Å². The maximum Gasteiger partial charge on any atom is 0.126 e. The zero-order valence-electron chi connectivity index (χ0n) is 11.2. The van der Waals surface area contributed by atoms with E-state index in [9.17, 15) is 25.5 Å².